The van der Waals surface area contributed by atoms with E-state index in [1.807, 2.05) is 0 Å². The van der Waals surface area contributed by atoms with Gasteiger partial charge in [0, 0.05) is 11.6 Å². The average Bonchev–Trinajstić information content (AvgIpc) is 2.17. The van der Waals surface area contributed by atoms with Gasteiger partial charge in [0.2, 0.25) is 0 Å². The highest BCUT2D eigenvalue weighted by Gasteiger charge is 2.02. The fraction of sp³-hybridized carbons (Fsp3) is 0. The zero-order valence-electron chi connectivity index (χ0n) is 6.78. The van der Waals surface area contributed by atoms with Crippen molar-refractivity contribution in [3.8, 4) is 12.3 Å². The molecule has 2 aromatic rings. The lowest BCUT2D eigenvalue weighted by atomic mass is 10.1. The molecule has 13 heavy (non-hydrogen) atoms. The molecule has 0 bridgehead atoms. The number of hydrogen-bond acceptors (Lipinski definition) is 2. The van der Waals surface area contributed by atoms with Gasteiger partial charge in [-0.1, -0.05) is 12.0 Å². The molecule has 0 aliphatic carbocycles. The molecule has 1 aromatic heterocycles. The molecular formula is C11H6O2. The third-order valence-electron chi connectivity index (χ3n) is 1.84. The van der Waals surface area contributed by atoms with E-state index in [0.29, 0.717) is 16.5 Å². The van der Waals surface area contributed by atoms with Crippen molar-refractivity contribution in [3.05, 3.63) is 46.3 Å². The normalized spacial score (nSPS) is 9.77. The molecular weight excluding hydrogens is 164 g/mol. The van der Waals surface area contributed by atoms with Crippen molar-refractivity contribution in [2.75, 3.05) is 0 Å². The lowest BCUT2D eigenvalue weighted by molar-refractivity contribution is 0.602. The molecule has 0 spiro atoms. The molecule has 0 aliphatic rings. The van der Waals surface area contributed by atoms with Crippen LogP contribution >= 0.6 is 0 Å². The van der Waals surface area contributed by atoms with Crippen LogP contribution < -0.4 is 5.43 Å². The van der Waals surface area contributed by atoms with E-state index >= 15 is 0 Å². The van der Waals surface area contributed by atoms with Gasteiger partial charge in [-0.25, -0.2) is 0 Å². The minimum Gasteiger partial charge on any atom is -0.464 e. The number of fused-ring (bicyclic) bond motifs is 1. The van der Waals surface area contributed by atoms with Crippen molar-refractivity contribution >= 4 is 11.0 Å². The molecule has 62 valence electrons. The summed E-state index contributed by atoms with van der Waals surface area (Å²) < 4.78 is 5.14. The Bertz CT molecular complexity index is 539. The van der Waals surface area contributed by atoms with Crippen LogP contribution in [0.15, 0.2) is 39.7 Å². The molecule has 1 aromatic carbocycles. The summed E-state index contributed by atoms with van der Waals surface area (Å²) in [6.45, 7) is 0. The van der Waals surface area contributed by atoms with Crippen LogP contribution in [-0.4, -0.2) is 0 Å². The van der Waals surface area contributed by atoms with E-state index in [4.69, 9.17) is 10.8 Å². The van der Waals surface area contributed by atoms with Gasteiger partial charge in [-0.15, -0.1) is 6.42 Å². The highest BCUT2D eigenvalue weighted by molar-refractivity contribution is 5.82. The van der Waals surface area contributed by atoms with Gasteiger partial charge in [0.05, 0.1) is 11.6 Å². The van der Waals surface area contributed by atoms with Crippen LogP contribution in [-0.2, 0) is 0 Å². The van der Waals surface area contributed by atoms with Gasteiger partial charge in [-0.2, -0.15) is 0 Å². The van der Waals surface area contributed by atoms with Gasteiger partial charge in [-0.3, -0.25) is 4.79 Å². The minimum absolute atomic E-state index is 0.102. The molecule has 0 fully saturated rings. The zero-order valence-corrected chi connectivity index (χ0v) is 6.78. The summed E-state index contributed by atoms with van der Waals surface area (Å²) in [5, 5.41) is 0.479. The number of rotatable bonds is 0. The van der Waals surface area contributed by atoms with Crippen LogP contribution in [0.1, 0.15) is 5.56 Å². The monoisotopic (exact) mass is 170 g/mol. The molecule has 0 N–H and O–H groups in total. The van der Waals surface area contributed by atoms with E-state index in [9.17, 15) is 4.79 Å². The number of terminal acetylenes is 1. The summed E-state index contributed by atoms with van der Waals surface area (Å²) in [6, 6.07) is 6.57. The lowest BCUT2D eigenvalue weighted by Gasteiger charge is -1.96. The van der Waals surface area contributed by atoms with E-state index in [2.05, 4.69) is 5.92 Å². The largest absolute Gasteiger partial charge is 0.464 e. The Hall–Kier alpha value is -2.01. The fourth-order valence-electron chi connectivity index (χ4n) is 1.26. The molecule has 1 heterocycles. The second-order valence-corrected chi connectivity index (χ2v) is 2.61. The van der Waals surface area contributed by atoms with Gasteiger partial charge in [0.15, 0.2) is 5.43 Å². The van der Waals surface area contributed by atoms with Crippen LogP contribution in [0.2, 0.25) is 0 Å². The molecule has 2 heteroatoms. The van der Waals surface area contributed by atoms with Gasteiger partial charge >= 0.3 is 0 Å². The Labute approximate surface area is 74.8 Å². The van der Waals surface area contributed by atoms with Crippen LogP contribution in [0.25, 0.3) is 11.0 Å². The Morgan fingerprint density at radius 1 is 1.31 bits per heavy atom. The Morgan fingerprint density at radius 2 is 2.15 bits per heavy atom. The van der Waals surface area contributed by atoms with E-state index in [-0.39, 0.29) is 5.43 Å². The van der Waals surface area contributed by atoms with Crippen LogP contribution in [0.3, 0.4) is 0 Å². The third-order valence-corrected chi connectivity index (χ3v) is 1.84. The summed E-state index contributed by atoms with van der Waals surface area (Å²) in [5.41, 5.74) is 1.00. The zero-order chi connectivity index (χ0) is 9.26. The predicted octanol–water partition coefficient (Wildman–Crippen LogP) is 1.77. The number of hydrogen-bond donors (Lipinski definition) is 0. The third kappa shape index (κ3) is 1.11. The molecule has 2 nitrogen and oxygen atoms in total. The maximum Gasteiger partial charge on any atom is 0.193 e. The Balaban J connectivity index is 3.06. The first-order valence-corrected chi connectivity index (χ1v) is 3.80. The molecule has 0 unspecified atom stereocenters. The van der Waals surface area contributed by atoms with Crippen LogP contribution in [0, 0.1) is 12.3 Å². The second kappa shape index (κ2) is 2.80. The molecule has 0 atom stereocenters. The van der Waals surface area contributed by atoms with E-state index in [1.165, 1.54) is 12.3 Å². The van der Waals surface area contributed by atoms with E-state index < -0.39 is 0 Å². The van der Waals surface area contributed by atoms with Crippen molar-refractivity contribution in [2.24, 2.45) is 0 Å². The SMILES string of the molecule is C#Cc1cccc2occc(=O)c12. The van der Waals surface area contributed by atoms with Gasteiger partial charge in [0.1, 0.15) is 5.58 Å². The van der Waals surface area contributed by atoms with Crippen LogP contribution in [0.4, 0.5) is 0 Å². The summed E-state index contributed by atoms with van der Waals surface area (Å²) in [4.78, 5) is 11.4. The van der Waals surface area contributed by atoms with Crippen LogP contribution in [0.5, 0.6) is 0 Å². The maximum atomic E-state index is 11.4. The van der Waals surface area contributed by atoms with Gasteiger partial charge in [0.25, 0.3) is 0 Å². The minimum atomic E-state index is -0.102. The van der Waals surface area contributed by atoms with E-state index in [1.54, 1.807) is 18.2 Å². The molecule has 0 saturated carbocycles. The highest BCUT2D eigenvalue weighted by Crippen LogP contribution is 2.13. The van der Waals surface area contributed by atoms with Crippen molar-refractivity contribution < 1.29 is 4.42 Å². The standard InChI is InChI=1S/C11H6O2/c1-2-8-4-3-5-10-11(8)9(12)6-7-13-10/h1,3-7H. The second-order valence-electron chi connectivity index (χ2n) is 2.61. The van der Waals surface area contributed by atoms with E-state index in [0.717, 1.165) is 0 Å². The Kier molecular flexibility index (Phi) is 1.64. The number of benzene rings is 1. The molecule has 0 radical (unpaired) electrons. The molecule has 0 amide bonds. The molecule has 0 aliphatic heterocycles. The van der Waals surface area contributed by atoms with Crippen molar-refractivity contribution in [1.29, 1.82) is 0 Å². The summed E-state index contributed by atoms with van der Waals surface area (Å²) in [7, 11) is 0. The summed E-state index contributed by atoms with van der Waals surface area (Å²) in [6.07, 6.45) is 6.62. The highest BCUT2D eigenvalue weighted by atomic mass is 16.3. The van der Waals surface area contributed by atoms with Gasteiger partial charge in [-0.05, 0) is 12.1 Å². The summed E-state index contributed by atoms with van der Waals surface area (Å²) >= 11 is 0. The first-order valence-electron chi connectivity index (χ1n) is 3.80. The van der Waals surface area contributed by atoms with Gasteiger partial charge < -0.3 is 4.42 Å². The molecule has 0 saturated heterocycles. The topological polar surface area (TPSA) is 30.2 Å². The average molecular weight is 170 g/mol. The summed E-state index contributed by atoms with van der Waals surface area (Å²) in [5.74, 6) is 2.45. The predicted molar refractivity (Wildman–Crippen MR) is 50.4 cm³/mol. The maximum absolute atomic E-state index is 11.4. The molecule has 2 rings (SSSR count). The van der Waals surface area contributed by atoms with Crippen molar-refractivity contribution in [3.63, 3.8) is 0 Å². The quantitative estimate of drug-likeness (QED) is 0.564. The Morgan fingerprint density at radius 3 is 2.92 bits per heavy atom. The van der Waals surface area contributed by atoms with Crippen molar-refractivity contribution in [1.82, 2.24) is 0 Å². The first kappa shape index (κ1) is 7.63. The fourth-order valence-corrected chi connectivity index (χ4v) is 1.26. The lowest BCUT2D eigenvalue weighted by Crippen LogP contribution is -1.99. The first-order chi connectivity index (χ1) is 6.33. The van der Waals surface area contributed by atoms with Crippen molar-refractivity contribution in [2.45, 2.75) is 0 Å². The smallest absolute Gasteiger partial charge is 0.193 e.